The minimum Gasteiger partial charge on any atom is -0.457 e. The maximum absolute atomic E-state index is 12.7. The summed E-state index contributed by atoms with van der Waals surface area (Å²) in [6.07, 6.45) is -7.94. The highest BCUT2D eigenvalue weighted by Gasteiger charge is 2.54. The van der Waals surface area contributed by atoms with Gasteiger partial charge in [-0.15, -0.1) is 0 Å². The molecule has 0 aliphatic carbocycles. The first-order valence-electron chi connectivity index (χ1n) is 8.65. The molecule has 0 bridgehead atoms. The highest BCUT2D eigenvalue weighted by atomic mass is 79.9. The van der Waals surface area contributed by atoms with Crippen LogP contribution < -0.4 is 5.32 Å². The van der Waals surface area contributed by atoms with E-state index in [0.717, 1.165) is 0 Å². The van der Waals surface area contributed by atoms with Crippen LogP contribution in [0.15, 0.2) is 0 Å². The van der Waals surface area contributed by atoms with E-state index < -0.39 is 57.0 Å². The molecule has 164 valence electrons. The Morgan fingerprint density at radius 3 is 2.29 bits per heavy atom. The summed E-state index contributed by atoms with van der Waals surface area (Å²) in [4.78, 5) is 23.1. The average Bonchev–Trinajstić information content (AvgIpc) is 2.47. The lowest BCUT2D eigenvalue weighted by Gasteiger charge is -2.48. The number of rotatable bonds is 5. The summed E-state index contributed by atoms with van der Waals surface area (Å²) in [5, 5.41) is 12.1. The summed E-state index contributed by atoms with van der Waals surface area (Å²) in [5.41, 5.74) is 0. The molecule has 0 radical (unpaired) electrons. The van der Waals surface area contributed by atoms with Gasteiger partial charge in [-0.05, 0) is 25.1 Å². The Morgan fingerprint density at radius 1 is 1.32 bits per heavy atom. The van der Waals surface area contributed by atoms with Crippen molar-refractivity contribution in [1.82, 2.24) is 5.32 Å². The summed E-state index contributed by atoms with van der Waals surface area (Å²) in [5.74, 6) is -5.19. The first-order valence-corrected chi connectivity index (χ1v) is 12.7. The molecule has 2 N–H and O–H groups in total. The lowest BCUT2D eigenvalue weighted by molar-refractivity contribution is -0.374. The Hall–Kier alpha value is -0.693. The predicted octanol–water partition coefficient (Wildman–Crippen LogP) is 2.82. The summed E-state index contributed by atoms with van der Waals surface area (Å²) in [6.45, 7) is 10.8. The third-order valence-corrected chi connectivity index (χ3v) is 9.78. The van der Waals surface area contributed by atoms with Crippen LogP contribution in [0.3, 0.4) is 0 Å². The molecule has 0 saturated carbocycles. The number of carbonyl (C=O) groups is 2. The fourth-order valence-corrected chi connectivity index (χ4v) is 3.86. The van der Waals surface area contributed by atoms with Gasteiger partial charge in [0, 0.05) is 0 Å². The molecule has 0 aromatic rings. The summed E-state index contributed by atoms with van der Waals surface area (Å²) < 4.78 is 54.7. The maximum Gasteiger partial charge on any atom is 0.471 e. The van der Waals surface area contributed by atoms with Crippen LogP contribution in [-0.4, -0.2) is 61.0 Å². The fraction of sp³-hybridized carbons (Fsp3) is 0.875. The second-order valence-corrected chi connectivity index (χ2v) is 13.6. The van der Waals surface area contributed by atoms with Crippen LogP contribution in [0.4, 0.5) is 13.2 Å². The SMILES string of the molecule is C[C@@H]1OC(O)(O[Si](C)(C)C(C)(C)C)C[C@H](NC(=O)C(F)(F)F)[C@@H]1OC(=O)CBr. The molecule has 0 spiro atoms. The van der Waals surface area contributed by atoms with Gasteiger partial charge in [-0.2, -0.15) is 13.2 Å². The first-order chi connectivity index (χ1) is 12.4. The number of hydrogen-bond donors (Lipinski definition) is 2. The molecular formula is C16H27BrF3NO6Si. The third kappa shape index (κ3) is 6.41. The van der Waals surface area contributed by atoms with Gasteiger partial charge < -0.3 is 24.3 Å². The lowest BCUT2D eigenvalue weighted by Crippen LogP contribution is -2.64. The van der Waals surface area contributed by atoms with E-state index in [1.807, 2.05) is 33.9 Å². The van der Waals surface area contributed by atoms with Crippen LogP contribution in [0.2, 0.25) is 18.1 Å². The van der Waals surface area contributed by atoms with Crippen molar-refractivity contribution in [1.29, 1.82) is 0 Å². The molecular weight excluding hydrogens is 467 g/mol. The number of carbonyl (C=O) groups excluding carboxylic acids is 2. The van der Waals surface area contributed by atoms with Crippen molar-refractivity contribution >= 4 is 36.1 Å². The number of nitrogens with one attached hydrogen (secondary N) is 1. The number of amides is 1. The topological polar surface area (TPSA) is 94.1 Å². The van der Waals surface area contributed by atoms with Crippen LogP contribution in [0.1, 0.15) is 34.1 Å². The zero-order valence-corrected chi connectivity index (χ0v) is 19.2. The fourth-order valence-electron chi connectivity index (χ4n) is 2.49. The van der Waals surface area contributed by atoms with Crippen molar-refractivity contribution in [2.75, 3.05) is 5.33 Å². The molecule has 28 heavy (non-hydrogen) atoms. The standard InChI is InChI=1S/C16H27BrF3NO6Si/c1-9-12(25-11(22)8-17)10(21-13(23)16(18,19)20)7-15(24,26-9)27-28(5,6)14(2,3)4/h9-10,12,24H,7-8H2,1-6H3,(H,21,23)/t9-,10-,12+,15?/m0/s1. The third-order valence-electron chi connectivity index (χ3n) is 4.88. The van der Waals surface area contributed by atoms with Gasteiger partial charge in [0.15, 0.2) is 8.32 Å². The maximum atomic E-state index is 12.7. The van der Waals surface area contributed by atoms with Gasteiger partial charge in [0.2, 0.25) is 0 Å². The van der Waals surface area contributed by atoms with E-state index in [-0.39, 0.29) is 10.4 Å². The normalized spacial score (nSPS) is 29.3. The summed E-state index contributed by atoms with van der Waals surface area (Å²) in [6, 6.07) is -1.37. The van der Waals surface area contributed by atoms with Crippen molar-refractivity contribution in [2.45, 2.75) is 82.6 Å². The molecule has 1 aliphatic rings. The molecule has 1 amide bonds. The van der Waals surface area contributed by atoms with Crippen molar-refractivity contribution in [3.05, 3.63) is 0 Å². The molecule has 0 aromatic heterocycles. The smallest absolute Gasteiger partial charge is 0.457 e. The molecule has 0 aromatic carbocycles. The van der Waals surface area contributed by atoms with Crippen molar-refractivity contribution in [3.8, 4) is 0 Å². The van der Waals surface area contributed by atoms with Gasteiger partial charge in [-0.3, -0.25) is 9.59 Å². The van der Waals surface area contributed by atoms with Crippen LogP contribution in [0.5, 0.6) is 0 Å². The van der Waals surface area contributed by atoms with E-state index in [0.29, 0.717) is 0 Å². The Labute approximate surface area is 171 Å². The minimum absolute atomic E-state index is 0.194. The van der Waals surface area contributed by atoms with Gasteiger partial charge in [-0.25, -0.2) is 0 Å². The number of hydrogen-bond acceptors (Lipinski definition) is 6. The quantitative estimate of drug-likeness (QED) is 0.264. The number of alkyl halides is 4. The van der Waals surface area contributed by atoms with Gasteiger partial charge in [0.1, 0.15) is 11.4 Å². The molecule has 1 saturated heterocycles. The number of halogens is 4. The van der Waals surface area contributed by atoms with E-state index in [9.17, 15) is 27.9 Å². The Bertz CT molecular complexity index is 598. The van der Waals surface area contributed by atoms with Gasteiger partial charge >= 0.3 is 18.1 Å². The van der Waals surface area contributed by atoms with E-state index in [2.05, 4.69) is 15.9 Å². The second-order valence-electron chi connectivity index (χ2n) is 8.27. The Kier molecular flexibility index (Phi) is 7.77. The molecule has 4 atom stereocenters. The van der Waals surface area contributed by atoms with Crippen molar-refractivity contribution in [2.24, 2.45) is 0 Å². The first kappa shape index (κ1) is 25.3. The van der Waals surface area contributed by atoms with Crippen LogP contribution >= 0.6 is 15.9 Å². The van der Waals surface area contributed by atoms with E-state index in [4.69, 9.17) is 13.9 Å². The minimum atomic E-state index is -5.13. The van der Waals surface area contributed by atoms with Crippen molar-refractivity contribution in [3.63, 3.8) is 0 Å². The molecule has 1 rings (SSSR count). The van der Waals surface area contributed by atoms with Crippen LogP contribution in [-0.2, 0) is 23.5 Å². The van der Waals surface area contributed by atoms with Gasteiger partial charge in [0.05, 0.1) is 18.6 Å². The highest BCUT2D eigenvalue weighted by molar-refractivity contribution is 9.09. The number of aliphatic hydroxyl groups is 1. The van der Waals surface area contributed by atoms with E-state index in [1.165, 1.54) is 6.92 Å². The molecule has 7 nitrogen and oxygen atoms in total. The predicted molar refractivity (Wildman–Crippen MR) is 100 cm³/mol. The largest absolute Gasteiger partial charge is 0.471 e. The monoisotopic (exact) mass is 493 g/mol. The van der Waals surface area contributed by atoms with E-state index in [1.54, 1.807) is 5.32 Å². The van der Waals surface area contributed by atoms with Gasteiger partial charge in [-0.1, -0.05) is 36.7 Å². The van der Waals surface area contributed by atoms with Crippen LogP contribution in [0.25, 0.3) is 0 Å². The summed E-state index contributed by atoms with van der Waals surface area (Å²) in [7, 11) is -2.59. The molecule has 1 aliphatic heterocycles. The summed E-state index contributed by atoms with van der Waals surface area (Å²) >= 11 is 2.90. The van der Waals surface area contributed by atoms with Crippen molar-refractivity contribution < 1.29 is 41.8 Å². The molecule has 1 heterocycles. The van der Waals surface area contributed by atoms with E-state index >= 15 is 0 Å². The lowest BCUT2D eigenvalue weighted by atomic mass is 9.98. The molecule has 1 fully saturated rings. The highest BCUT2D eigenvalue weighted by Crippen LogP contribution is 2.42. The van der Waals surface area contributed by atoms with Crippen LogP contribution in [0, 0.1) is 0 Å². The zero-order chi connectivity index (χ0) is 22.1. The Balaban J connectivity index is 3.15. The number of ether oxygens (including phenoxy) is 2. The van der Waals surface area contributed by atoms with Gasteiger partial charge in [0.25, 0.3) is 5.97 Å². The average molecular weight is 494 g/mol. The Morgan fingerprint density at radius 2 is 1.86 bits per heavy atom. The second kappa shape index (κ2) is 8.58. The molecule has 1 unspecified atom stereocenters. The number of esters is 1. The molecule has 12 heteroatoms. The zero-order valence-electron chi connectivity index (χ0n) is 16.6.